The monoisotopic (exact) mass is 581 g/mol. The molecule has 2 rings (SSSR count). The third kappa shape index (κ3) is 7.12. The topological polar surface area (TPSA) is 110 Å². The van der Waals surface area contributed by atoms with Crippen LogP contribution in [-0.2, 0) is 35.1 Å². The maximum atomic E-state index is 14.2. The number of nitrogens with zero attached hydrogens (tertiary/aromatic N) is 2. The number of rotatable bonds is 11. The molecule has 0 spiro atoms. The van der Waals surface area contributed by atoms with Gasteiger partial charge in [0.05, 0.1) is 50.8 Å². The summed E-state index contributed by atoms with van der Waals surface area (Å²) < 4.78 is 67.5. The van der Waals surface area contributed by atoms with Crippen molar-refractivity contribution in [1.29, 1.82) is 0 Å². The lowest BCUT2D eigenvalue weighted by Gasteiger charge is -2.36. The van der Waals surface area contributed by atoms with Crippen LogP contribution in [0.2, 0.25) is 0 Å². The number of halogens is 4. The molecule has 200 valence electrons. The smallest absolute Gasteiger partial charge is 0.508 e. The molecule has 1 aliphatic rings. The number of benzene rings is 1. The summed E-state index contributed by atoms with van der Waals surface area (Å²) in [5, 5.41) is 12.4. The van der Waals surface area contributed by atoms with E-state index in [0.717, 1.165) is 18.4 Å². The zero-order chi connectivity index (χ0) is 27.0. The third-order valence-electron chi connectivity index (χ3n) is 4.98. The van der Waals surface area contributed by atoms with Gasteiger partial charge in [0.25, 0.3) is 0 Å². The van der Waals surface area contributed by atoms with Crippen molar-refractivity contribution in [2.45, 2.75) is 32.2 Å². The number of aliphatic carboxylic acids is 1. The second-order valence-electron chi connectivity index (χ2n) is 7.39. The second kappa shape index (κ2) is 12.9. The van der Waals surface area contributed by atoms with Crippen LogP contribution in [-0.4, -0.2) is 75.3 Å². The highest BCUT2D eigenvalue weighted by Gasteiger charge is 2.52. The highest BCUT2D eigenvalue weighted by atomic mass is 79.9. The van der Waals surface area contributed by atoms with Gasteiger partial charge in [0.2, 0.25) is 0 Å². The molecule has 10 nitrogen and oxygen atoms in total. The highest BCUT2D eigenvalue weighted by Crippen LogP contribution is 2.41. The van der Waals surface area contributed by atoms with Gasteiger partial charge in [-0.1, -0.05) is 29.3 Å². The van der Waals surface area contributed by atoms with E-state index in [-0.39, 0.29) is 39.5 Å². The molecule has 2 atom stereocenters. The molecule has 36 heavy (non-hydrogen) atoms. The molecule has 1 heterocycles. The van der Waals surface area contributed by atoms with Crippen molar-refractivity contribution in [3.8, 4) is 0 Å². The van der Waals surface area contributed by atoms with E-state index in [9.17, 15) is 27.9 Å². The molecule has 0 bridgehead atoms. The number of carbonyl (C=O) groups excluding carboxylic acids is 2. The molecule has 14 heteroatoms. The van der Waals surface area contributed by atoms with E-state index >= 15 is 0 Å². The van der Waals surface area contributed by atoms with Crippen LogP contribution in [0.5, 0.6) is 0 Å². The zero-order valence-electron chi connectivity index (χ0n) is 19.8. The van der Waals surface area contributed by atoms with Gasteiger partial charge in [0.1, 0.15) is 6.10 Å². The first-order valence-electron chi connectivity index (χ1n) is 10.3. The van der Waals surface area contributed by atoms with E-state index < -0.39 is 37.3 Å². The molecular weight excluding hydrogens is 557 g/mol. The van der Waals surface area contributed by atoms with Gasteiger partial charge in [-0.05, 0) is 34.0 Å². The Kier molecular flexibility index (Phi) is 10.6. The van der Waals surface area contributed by atoms with Crippen molar-refractivity contribution in [2.75, 3.05) is 34.5 Å². The Labute approximate surface area is 213 Å². The molecule has 1 aromatic carbocycles. The van der Waals surface area contributed by atoms with Gasteiger partial charge in [-0.3, -0.25) is 5.01 Å². The van der Waals surface area contributed by atoms with Crippen LogP contribution >= 0.6 is 15.9 Å². The SMILES string of the molecule is CO/C=C(/C(=O)[O-])c1ccccc1COC1C(C)=C(Br)N(CC(COC)OC(=O)OC)N1C(F)(F)F. The van der Waals surface area contributed by atoms with E-state index in [0.29, 0.717) is 5.56 Å². The average molecular weight is 582 g/mol. The van der Waals surface area contributed by atoms with Crippen molar-refractivity contribution in [1.82, 2.24) is 10.0 Å². The van der Waals surface area contributed by atoms with Gasteiger partial charge >= 0.3 is 12.5 Å². The maximum absolute atomic E-state index is 14.2. The van der Waals surface area contributed by atoms with E-state index in [1.807, 2.05) is 0 Å². The van der Waals surface area contributed by atoms with Crippen LogP contribution in [0.3, 0.4) is 0 Å². The maximum Gasteiger partial charge on any atom is 0.508 e. The molecule has 1 aromatic rings. The summed E-state index contributed by atoms with van der Waals surface area (Å²) in [5.41, 5.74) is 0.334. The minimum absolute atomic E-state index is 0.0307. The number of hydrogen-bond donors (Lipinski definition) is 0. The van der Waals surface area contributed by atoms with Gasteiger partial charge < -0.3 is 33.6 Å². The fourth-order valence-electron chi connectivity index (χ4n) is 3.45. The van der Waals surface area contributed by atoms with Crippen LogP contribution in [0.25, 0.3) is 5.57 Å². The molecule has 0 aliphatic carbocycles. The van der Waals surface area contributed by atoms with Gasteiger partial charge in [-0.2, -0.15) is 13.2 Å². The number of carboxylic acids is 1. The number of hydrazine groups is 1. The predicted octanol–water partition coefficient (Wildman–Crippen LogP) is 2.74. The molecule has 0 saturated carbocycles. The molecule has 0 saturated heterocycles. The van der Waals surface area contributed by atoms with E-state index in [2.05, 4.69) is 20.7 Å². The molecule has 0 aromatic heterocycles. The molecule has 0 radical (unpaired) electrons. The van der Waals surface area contributed by atoms with Crippen LogP contribution < -0.4 is 5.11 Å². The van der Waals surface area contributed by atoms with E-state index in [1.165, 1.54) is 33.3 Å². The summed E-state index contributed by atoms with van der Waals surface area (Å²) in [6.07, 6.45) is -7.75. The van der Waals surface area contributed by atoms with Crippen LogP contribution in [0.1, 0.15) is 18.1 Å². The quantitative estimate of drug-likeness (QED) is 0.167. The largest absolute Gasteiger partial charge is 0.545 e. The van der Waals surface area contributed by atoms with Gasteiger partial charge in [-0.15, -0.1) is 0 Å². The fourth-order valence-corrected chi connectivity index (χ4v) is 3.96. The fraction of sp³-hybridized carbons (Fsp3) is 0.455. The number of methoxy groups -OCH3 is 3. The lowest BCUT2D eigenvalue weighted by Crippen LogP contribution is -2.54. The number of carboxylic acid groups (broad SMARTS) is 1. The Morgan fingerprint density at radius 1 is 1.22 bits per heavy atom. The predicted molar refractivity (Wildman–Crippen MR) is 120 cm³/mol. The van der Waals surface area contributed by atoms with Crippen molar-refractivity contribution < 1.29 is 51.6 Å². The Bertz CT molecular complexity index is 1000. The van der Waals surface area contributed by atoms with Crippen LogP contribution in [0.15, 0.2) is 40.7 Å². The summed E-state index contributed by atoms with van der Waals surface area (Å²) in [4.78, 5) is 23.1. The van der Waals surface area contributed by atoms with Crippen molar-refractivity contribution in [3.05, 3.63) is 51.8 Å². The molecule has 2 unspecified atom stereocenters. The first-order chi connectivity index (χ1) is 17.0. The highest BCUT2D eigenvalue weighted by molar-refractivity contribution is 9.11. The van der Waals surface area contributed by atoms with Gasteiger partial charge in [0, 0.05) is 18.3 Å². The van der Waals surface area contributed by atoms with Gasteiger partial charge in [0.15, 0.2) is 6.23 Å². The van der Waals surface area contributed by atoms with Crippen molar-refractivity contribution in [2.24, 2.45) is 0 Å². The number of hydrogen-bond acceptors (Lipinski definition) is 10. The minimum Gasteiger partial charge on any atom is -0.545 e. The summed E-state index contributed by atoms with van der Waals surface area (Å²) in [5.74, 6) is -1.53. The number of carbonyl (C=O) groups is 2. The Morgan fingerprint density at radius 2 is 1.89 bits per heavy atom. The molecule has 1 aliphatic heterocycles. The summed E-state index contributed by atoms with van der Waals surface area (Å²) >= 11 is 3.17. The molecular formula is C22H25BrF3N2O8-. The zero-order valence-corrected chi connectivity index (χ0v) is 21.4. The normalized spacial score (nSPS) is 17.8. The van der Waals surface area contributed by atoms with E-state index in [4.69, 9.17) is 18.9 Å². The number of alkyl halides is 3. The average Bonchev–Trinajstić information content (AvgIpc) is 3.06. The number of ether oxygens (including phenoxy) is 5. The summed E-state index contributed by atoms with van der Waals surface area (Å²) in [6, 6.07) is 6.12. The Hall–Kier alpha value is -2.81. The third-order valence-corrected chi connectivity index (χ3v) is 6.02. The van der Waals surface area contributed by atoms with Crippen molar-refractivity contribution >= 4 is 33.6 Å². The Balaban J connectivity index is 2.35. The molecule has 0 amide bonds. The second-order valence-corrected chi connectivity index (χ2v) is 8.14. The molecule has 0 N–H and O–H groups in total. The lowest BCUT2D eigenvalue weighted by molar-refractivity contribution is -0.338. The van der Waals surface area contributed by atoms with Gasteiger partial charge in [-0.25, -0.2) is 4.79 Å². The Morgan fingerprint density at radius 3 is 2.44 bits per heavy atom. The summed E-state index contributed by atoms with van der Waals surface area (Å²) in [6.45, 7) is 0.409. The van der Waals surface area contributed by atoms with Crippen LogP contribution in [0.4, 0.5) is 18.0 Å². The van der Waals surface area contributed by atoms with E-state index in [1.54, 1.807) is 12.1 Å². The van der Waals surface area contributed by atoms with Crippen molar-refractivity contribution in [3.63, 3.8) is 0 Å². The first kappa shape index (κ1) is 29.4. The summed E-state index contributed by atoms with van der Waals surface area (Å²) in [7, 11) is 3.62. The standard InChI is InChI=1S/C22H26BrF3N2O8/c1-13-18(23)27(9-15(11-32-2)36-21(31)34-4)28(22(24,25)26)19(13)35-10-14-7-5-6-8-16(14)17(12-33-3)20(29)30/h5-8,12,15,19H,9-11H2,1-4H3,(H,29,30)/p-1/b17-12+. The first-order valence-corrected chi connectivity index (χ1v) is 11.1. The lowest BCUT2D eigenvalue weighted by atomic mass is 10.0. The molecule has 0 fully saturated rings. The minimum atomic E-state index is -4.91. The van der Waals surface area contributed by atoms with Crippen LogP contribution in [0, 0.1) is 0 Å².